The minimum Gasteiger partial charge on any atom is -0.381 e. The molecule has 9 heteroatoms. The van der Waals surface area contributed by atoms with Gasteiger partial charge in [0.25, 0.3) is 5.09 Å². The van der Waals surface area contributed by atoms with Crippen LogP contribution in [0.15, 0.2) is 0 Å². The average Bonchev–Trinajstić information content (AvgIpc) is 2.15. The third-order valence-corrected chi connectivity index (χ3v) is 0.604. The normalized spacial score (nSPS) is 8.00. The van der Waals surface area contributed by atoms with Crippen LogP contribution in [0.1, 0.15) is 0 Å². The highest BCUT2D eigenvalue weighted by Crippen LogP contribution is 2.00. The number of hydrogen-bond acceptors (Lipinski definition) is 6. The summed E-state index contributed by atoms with van der Waals surface area (Å²) in [4.78, 5) is 8.36. The Hall–Kier alpha value is -2.06. The van der Waals surface area contributed by atoms with Gasteiger partial charge in [0.15, 0.2) is 11.6 Å². The summed E-state index contributed by atoms with van der Waals surface area (Å²) in [5, 5.41) is 22.7. The van der Waals surface area contributed by atoms with Crippen LogP contribution in [0.3, 0.4) is 0 Å². The number of aromatic amines is 1. The molecule has 1 rings (SSSR count). The summed E-state index contributed by atoms with van der Waals surface area (Å²) >= 11 is 0. The number of aromatic nitrogens is 3. The van der Waals surface area contributed by atoms with E-state index in [1.165, 1.54) is 0 Å². The van der Waals surface area contributed by atoms with Crippen LogP contribution in [-0.4, -0.2) is 25.7 Å². The third kappa shape index (κ3) is 4.44. The fourth-order valence-electron chi connectivity index (χ4n) is 0.244. The smallest absolute Gasteiger partial charge is 0.291 e. The molecule has 0 unspecified atom stereocenters. The van der Waals surface area contributed by atoms with E-state index in [4.69, 9.17) is 26.8 Å². The fraction of sp³-hybridized carbons (Fsp3) is 0. The lowest BCUT2D eigenvalue weighted by molar-refractivity contribution is -0.742. The average molecular weight is 162 g/mol. The van der Waals surface area contributed by atoms with Gasteiger partial charge in [-0.25, -0.2) is 5.10 Å². The van der Waals surface area contributed by atoms with E-state index < -0.39 is 5.09 Å². The number of nitrogens with two attached hydrogens (primary N) is 2. The lowest BCUT2D eigenvalue weighted by atomic mass is 10.7. The number of nitrogens with one attached hydrogen (secondary N) is 1. The van der Waals surface area contributed by atoms with Crippen molar-refractivity contribution >= 4 is 11.6 Å². The minimum absolute atomic E-state index is 0.250. The van der Waals surface area contributed by atoms with Gasteiger partial charge in [-0.1, -0.05) is 5.21 Å². The quantitative estimate of drug-likeness (QED) is 0.270. The second kappa shape index (κ2) is 3.87. The molecule has 0 fully saturated rings. The summed E-state index contributed by atoms with van der Waals surface area (Å²) in [5.41, 5.74) is 10.2. The molecular weight excluding hydrogens is 156 g/mol. The van der Waals surface area contributed by atoms with Crippen molar-refractivity contribution in [2.75, 3.05) is 11.5 Å². The molecule has 0 aliphatic carbocycles. The Kier molecular flexibility index (Phi) is 3.15. The van der Waals surface area contributed by atoms with Crippen LogP contribution >= 0.6 is 0 Å². The lowest BCUT2D eigenvalue weighted by Crippen LogP contribution is -1.91. The van der Waals surface area contributed by atoms with Gasteiger partial charge >= 0.3 is 0 Å². The molecule has 0 aliphatic heterocycles. The molecule has 11 heavy (non-hydrogen) atoms. The SMILES string of the molecule is Nc1nn[nH]c1N.O=[N+]([O-])O. The summed E-state index contributed by atoms with van der Waals surface area (Å²) in [5.74, 6) is 0.569. The molecule has 0 saturated heterocycles. The van der Waals surface area contributed by atoms with Crippen molar-refractivity contribution in [1.82, 2.24) is 15.4 Å². The zero-order chi connectivity index (χ0) is 8.85. The number of nitrogens with zero attached hydrogens (tertiary/aromatic N) is 3. The van der Waals surface area contributed by atoms with Crippen LogP contribution in [0.5, 0.6) is 0 Å². The van der Waals surface area contributed by atoms with Gasteiger partial charge in [0.2, 0.25) is 0 Å². The van der Waals surface area contributed by atoms with Crippen LogP contribution in [0.25, 0.3) is 0 Å². The molecule has 0 radical (unpaired) electrons. The Labute approximate surface area is 60.1 Å². The van der Waals surface area contributed by atoms with Gasteiger partial charge in [-0.15, -0.1) is 15.2 Å². The molecule has 6 N–H and O–H groups in total. The van der Waals surface area contributed by atoms with Crippen molar-refractivity contribution < 1.29 is 10.3 Å². The Morgan fingerprint density at radius 1 is 1.64 bits per heavy atom. The topological polar surface area (TPSA) is 157 Å². The standard InChI is InChI=1S/C2H5N5.HNO3/c3-1-2(4)6-7-5-1;2-1(3)4/h(H5,3,4,5,6,7);(H,2,3,4). The highest BCUT2D eigenvalue weighted by molar-refractivity contribution is 5.49. The van der Waals surface area contributed by atoms with Gasteiger partial charge in [0.05, 0.1) is 0 Å². The number of hydrogen-bond donors (Lipinski definition) is 4. The Bertz CT molecular complexity index is 211. The predicted molar refractivity (Wildman–Crippen MR) is 34.0 cm³/mol. The third-order valence-electron chi connectivity index (χ3n) is 0.604. The van der Waals surface area contributed by atoms with Crippen molar-refractivity contribution in [2.45, 2.75) is 0 Å². The molecule has 0 aromatic carbocycles. The molecule has 1 heterocycles. The second-order valence-corrected chi connectivity index (χ2v) is 1.35. The van der Waals surface area contributed by atoms with Gasteiger partial charge in [0, 0.05) is 0 Å². The first kappa shape index (κ1) is 8.94. The van der Waals surface area contributed by atoms with Crippen LogP contribution in [0.2, 0.25) is 0 Å². The molecule has 0 atom stereocenters. The van der Waals surface area contributed by atoms with Crippen molar-refractivity contribution in [1.29, 1.82) is 0 Å². The largest absolute Gasteiger partial charge is 0.381 e. The summed E-state index contributed by atoms with van der Waals surface area (Å²) in [7, 11) is 0. The molecule has 1 aromatic rings. The molecule has 0 saturated carbocycles. The zero-order valence-corrected chi connectivity index (χ0v) is 5.26. The van der Waals surface area contributed by atoms with E-state index in [1.807, 2.05) is 0 Å². The maximum absolute atomic E-state index is 8.36. The molecule has 0 spiro atoms. The first-order chi connectivity index (χ1) is 5.04. The second-order valence-electron chi connectivity index (χ2n) is 1.35. The molecule has 0 aliphatic rings. The summed E-state index contributed by atoms with van der Waals surface area (Å²) in [6, 6.07) is 0. The van der Waals surface area contributed by atoms with Crippen molar-refractivity contribution in [2.24, 2.45) is 0 Å². The maximum Gasteiger partial charge on any atom is 0.291 e. The molecular formula is C2H6N6O3. The molecule has 9 nitrogen and oxygen atoms in total. The van der Waals surface area contributed by atoms with E-state index >= 15 is 0 Å². The summed E-state index contributed by atoms with van der Waals surface area (Å²) < 4.78 is 0. The number of nitrogen functional groups attached to an aromatic ring is 2. The maximum atomic E-state index is 8.36. The summed E-state index contributed by atoms with van der Waals surface area (Å²) in [6.45, 7) is 0. The van der Waals surface area contributed by atoms with Gasteiger partial charge in [-0.2, -0.15) is 0 Å². The van der Waals surface area contributed by atoms with Crippen molar-refractivity contribution in [3.05, 3.63) is 10.1 Å². The molecule has 0 amide bonds. The van der Waals surface area contributed by atoms with Crippen LogP contribution in [-0.2, 0) is 0 Å². The van der Waals surface area contributed by atoms with Gasteiger partial charge in [0.1, 0.15) is 0 Å². The highest BCUT2D eigenvalue weighted by Gasteiger charge is 1.91. The molecule has 1 aromatic heterocycles. The van der Waals surface area contributed by atoms with Gasteiger partial charge < -0.3 is 16.7 Å². The lowest BCUT2D eigenvalue weighted by Gasteiger charge is -1.78. The molecule has 0 bridgehead atoms. The van der Waals surface area contributed by atoms with E-state index in [2.05, 4.69) is 15.4 Å². The monoisotopic (exact) mass is 162 g/mol. The van der Waals surface area contributed by atoms with Crippen LogP contribution in [0.4, 0.5) is 11.6 Å². The Morgan fingerprint density at radius 3 is 2.18 bits per heavy atom. The van der Waals surface area contributed by atoms with Crippen LogP contribution in [0, 0.1) is 10.1 Å². The first-order valence-corrected chi connectivity index (χ1v) is 2.29. The van der Waals surface area contributed by atoms with E-state index in [1.54, 1.807) is 0 Å². The fourth-order valence-corrected chi connectivity index (χ4v) is 0.244. The highest BCUT2D eigenvalue weighted by atomic mass is 16.9. The number of anilines is 2. The molecule has 62 valence electrons. The zero-order valence-electron chi connectivity index (χ0n) is 5.26. The van der Waals surface area contributed by atoms with Crippen molar-refractivity contribution in [3.63, 3.8) is 0 Å². The number of rotatable bonds is 0. The number of H-pyrrole nitrogens is 1. The predicted octanol–water partition coefficient (Wildman–Crippen LogP) is -1.38. The van der Waals surface area contributed by atoms with E-state index in [0.29, 0.717) is 5.82 Å². The Morgan fingerprint density at radius 2 is 2.09 bits per heavy atom. The Balaban J connectivity index is 0.000000218. The van der Waals surface area contributed by atoms with Crippen LogP contribution < -0.4 is 11.5 Å². The minimum atomic E-state index is -1.50. The van der Waals surface area contributed by atoms with Gasteiger partial charge in [-0.05, 0) is 0 Å². The van der Waals surface area contributed by atoms with E-state index in [9.17, 15) is 0 Å². The summed E-state index contributed by atoms with van der Waals surface area (Å²) in [6.07, 6.45) is 0. The van der Waals surface area contributed by atoms with Gasteiger partial charge in [-0.3, -0.25) is 0 Å². The first-order valence-electron chi connectivity index (χ1n) is 2.29. The van der Waals surface area contributed by atoms with Crippen molar-refractivity contribution in [3.8, 4) is 0 Å². The van der Waals surface area contributed by atoms with E-state index in [0.717, 1.165) is 0 Å². The van der Waals surface area contributed by atoms with E-state index in [-0.39, 0.29) is 5.82 Å².